The Bertz CT molecular complexity index is 1010. The Hall–Kier alpha value is -3.68. The average molecular weight is 408 g/mol. The Balaban J connectivity index is 1.87. The van der Waals surface area contributed by atoms with Gasteiger partial charge in [-0.1, -0.05) is 30.3 Å². The highest BCUT2D eigenvalue weighted by Gasteiger charge is 2.50. The summed E-state index contributed by atoms with van der Waals surface area (Å²) in [6.07, 6.45) is 0. The van der Waals surface area contributed by atoms with E-state index in [0.29, 0.717) is 11.3 Å². The molecule has 0 spiro atoms. The van der Waals surface area contributed by atoms with Crippen LogP contribution in [0.15, 0.2) is 54.6 Å². The number of anilines is 1. The van der Waals surface area contributed by atoms with E-state index in [1.807, 2.05) is 32.0 Å². The first-order valence-corrected chi connectivity index (χ1v) is 9.56. The lowest BCUT2D eigenvalue weighted by Gasteiger charge is -2.28. The van der Waals surface area contributed by atoms with Crippen LogP contribution in [0.25, 0.3) is 0 Å². The number of carbonyl (C=O) groups excluding carboxylic acids is 4. The number of nitrogens with two attached hydrogens (primary N) is 1. The van der Waals surface area contributed by atoms with Crippen LogP contribution in [0.3, 0.4) is 0 Å². The highest BCUT2D eigenvalue weighted by Crippen LogP contribution is 2.29. The van der Waals surface area contributed by atoms with Crippen LogP contribution < -0.4 is 16.0 Å². The number of hydrogen-bond acceptors (Lipinski definition) is 4. The maximum atomic E-state index is 13.1. The molecule has 1 saturated heterocycles. The third-order valence-electron chi connectivity index (χ3n) is 5.11. The molecule has 1 aliphatic rings. The predicted molar refractivity (Wildman–Crippen MR) is 112 cm³/mol. The third kappa shape index (κ3) is 3.76. The number of rotatable bonds is 6. The van der Waals surface area contributed by atoms with Crippen molar-refractivity contribution in [1.82, 2.24) is 10.2 Å². The average Bonchev–Trinajstić information content (AvgIpc) is 2.93. The Morgan fingerprint density at radius 1 is 1.10 bits per heavy atom. The van der Waals surface area contributed by atoms with Crippen molar-refractivity contribution in [2.24, 2.45) is 5.73 Å². The number of carbonyl (C=O) groups is 4. The first kappa shape index (κ1) is 21.0. The molecule has 0 aromatic heterocycles. The molecule has 1 fully saturated rings. The highest BCUT2D eigenvalue weighted by atomic mass is 16.2. The van der Waals surface area contributed by atoms with Gasteiger partial charge in [0.25, 0.3) is 5.91 Å². The van der Waals surface area contributed by atoms with Crippen LogP contribution in [-0.4, -0.2) is 41.2 Å². The minimum Gasteiger partial charge on any atom is -0.366 e. The number of benzene rings is 2. The summed E-state index contributed by atoms with van der Waals surface area (Å²) in [5, 5.41) is 2.64. The molecule has 5 amide bonds. The number of nitrogens with one attached hydrogen (secondary N) is 1. The minimum absolute atomic E-state index is 0.167. The van der Waals surface area contributed by atoms with E-state index in [1.54, 1.807) is 29.2 Å². The number of amides is 5. The van der Waals surface area contributed by atoms with Gasteiger partial charge in [-0.25, -0.2) is 4.79 Å². The molecule has 1 atom stereocenters. The maximum Gasteiger partial charge on any atom is 0.325 e. The zero-order valence-corrected chi connectivity index (χ0v) is 17.1. The lowest BCUT2D eigenvalue weighted by Crippen LogP contribution is -2.46. The van der Waals surface area contributed by atoms with Crippen LogP contribution in [0.5, 0.6) is 0 Å². The van der Waals surface area contributed by atoms with Crippen LogP contribution in [0.4, 0.5) is 10.5 Å². The highest BCUT2D eigenvalue weighted by molar-refractivity contribution is 6.10. The van der Waals surface area contributed by atoms with Crippen molar-refractivity contribution in [3.63, 3.8) is 0 Å². The second kappa shape index (κ2) is 7.98. The van der Waals surface area contributed by atoms with E-state index in [2.05, 4.69) is 5.32 Å². The quantitative estimate of drug-likeness (QED) is 0.712. The minimum atomic E-state index is -1.40. The third-order valence-corrected chi connectivity index (χ3v) is 5.11. The molecule has 156 valence electrons. The van der Waals surface area contributed by atoms with Crippen molar-refractivity contribution in [3.8, 4) is 0 Å². The molecule has 0 saturated carbocycles. The molecule has 1 heterocycles. The maximum absolute atomic E-state index is 13.1. The number of nitrogens with zero attached hydrogens (tertiary/aromatic N) is 2. The largest absolute Gasteiger partial charge is 0.366 e. The van der Waals surface area contributed by atoms with Gasteiger partial charge in [0, 0.05) is 17.3 Å². The van der Waals surface area contributed by atoms with Crippen LogP contribution in [0, 0.1) is 0 Å². The summed E-state index contributed by atoms with van der Waals surface area (Å²) >= 11 is 0. The number of para-hydroxylation sites is 1. The number of urea groups is 1. The van der Waals surface area contributed by atoms with E-state index in [0.717, 1.165) is 4.90 Å². The van der Waals surface area contributed by atoms with E-state index in [-0.39, 0.29) is 17.5 Å². The van der Waals surface area contributed by atoms with Crippen molar-refractivity contribution in [3.05, 3.63) is 65.7 Å². The Labute approximate surface area is 174 Å². The van der Waals surface area contributed by atoms with E-state index >= 15 is 0 Å². The second-order valence-electron chi connectivity index (χ2n) is 7.58. The molecule has 0 bridgehead atoms. The second-order valence-corrected chi connectivity index (χ2v) is 7.58. The molecular weight excluding hydrogens is 384 g/mol. The molecule has 0 aliphatic carbocycles. The van der Waals surface area contributed by atoms with Crippen LogP contribution in [-0.2, 0) is 15.1 Å². The predicted octanol–water partition coefficient (Wildman–Crippen LogP) is 1.99. The van der Waals surface area contributed by atoms with Crippen molar-refractivity contribution >= 4 is 29.4 Å². The standard InChI is InChI=1S/C22H24N4O4/c1-14(2)26(17-10-5-4-6-11-17)18(27)13-25-20(29)22(3,24-21(25)30)16-9-7-8-15(12-16)19(23)28/h4-12,14H,13H2,1-3H3,(H2,23,28)(H,24,30). The molecular formula is C22H24N4O4. The van der Waals surface area contributed by atoms with Gasteiger partial charge in [-0.3, -0.25) is 19.3 Å². The van der Waals surface area contributed by atoms with Crippen LogP contribution in [0.1, 0.15) is 36.7 Å². The van der Waals surface area contributed by atoms with Gasteiger partial charge >= 0.3 is 6.03 Å². The van der Waals surface area contributed by atoms with Gasteiger partial charge in [0.05, 0.1) is 0 Å². The first-order chi connectivity index (χ1) is 14.1. The van der Waals surface area contributed by atoms with Crippen molar-refractivity contribution in [2.45, 2.75) is 32.4 Å². The summed E-state index contributed by atoms with van der Waals surface area (Å²) in [4.78, 5) is 52.7. The Morgan fingerprint density at radius 3 is 2.37 bits per heavy atom. The Kier molecular flexibility index (Phi) is 5.60. The van der Waals surface area contributed by atoms with Gasteiger partial charge in [0.1, 0.15) is 12.1 Å². The summed E-state index contributed by atoms with van der Waals surface area (Å²) in [5.41, 5.74) is 5.24. The van der Waals surface area contributed by atoms with E-state index in [4.69, 9.17) is 5.73 Å². The fourth-order valence-electron chi connectivity index (χ4n) is 3.55. The lowest BCUT2D eigenvalue weighted by atomic mass is 9.90. The van der Waals surface area contributed by atoms with E-state index in [1.165, 1.54) is 19.1 Å². The summed E-state index contributed by atoms with van der Waals surface area (Å²) < 4.78 is 0. The molecule has 2 aromatic carbocycles. The topological polar surface area (TPSA) is 113 Å². The molecule has 8 heteroatoms. The summed E-state index contributed by atoms with van der Waals surface area (Å²) in [6, 6.07) is 14.4. The fourth-order valence-corrected chi connectivity index (χ4v) is 3.55. The van der Waals surface area contributed by atoms with Gasteiger partial charge in [-0.2, -0.15) is 0 Å². The zero-order valence-electron chi connectivity index (χ0n) is 17.1. The number of hydrogen-bond donors (Lipinski definition) is 2. The zero-order chi connectivity index (χ0) is 22.1. The molecule has 3 rings (SSSR count). The van der Waals surface area contributed by atoms with Gasteiger partial charge in [0.15, 0.2) is 0 Å². The van der Waals surface area contributed by atoms with Crippen molar-refractivity contribution < 1.29 is 19.2 Å². The number of primary amides is 1. The molecule has 30 heavy (non-hydrogen) atoms. The molecule has 8 nitrogen and oxygen atoms in total. The molecule has 2 aromatic rings. The van der Waals surface area contributed by atoms with E-state index in [9.17, 15) is 19.2 Å². The van der Waals surface area contributed by atoms with Crippen molar-refractivity contribution in [1.29, 1.82) is 0 Å². The molecule has 1 aliphatic heterocycles. The van der Waals surface area contributed by atoms with Gasteiger partial charge < -0.3 is 16.0 Å². The smallest absolute Gasteiger partial charge is 0.325 e. The van der Waals surface area contributed by atoms with Crippen molar-refractivity contribution in [2.75, 3.05) is 11.4 Å². The lowest BCUT2D eigenvalue weighted by molar-refractivity contribution is -0.134. The summed E-state index contributed by atoms with van der Waals surface area (Å²) in [6.45, 7) is 4.85. The number of imide groups is 1. The van der Waals surface area contributed by atoms with E-state index < -0.39 is 29.9 Å². The Morgan fingerprint density at radius 2 is 1.77 bits per heavy atom. The fraction of sp³-hybridized carbons (Fsp3) is 0.273. The summed E-state index contributed by atoms with van der Waals surface area (Å²) in [7, 11) is 0. The van der Waals surface area contributed by atoms with Gasteiger partial charge in [-0.05, 0) is 50.6 Å². The first-order valence-electron chi connectivity index (χ1n) is 9.56. The van der Waals surface area contributed by atoms with Gasteiger partial charge in [-0.15, -0.1) is 0 Å². The molecule has 3 N–H and O–H groups in total. The SMILES string of the molecule is CC(C)N(C(=O)CN1C(=O)NC(C)(c2cccc(C(N)=O)c2)C1=O)c1ccccc1. The molecule has 1 unspecified atom stereocenters. The molecule has 0 radical (unpaired) electrons. The normalized spacial score (nSPS) is 18.5. The van der Waals surface area contributed by atoms with Gasteiger partial charge in [0.2, 0.25) is 11.8 Å². The van der Waals surface area contributed by atoms with Crippen LogP contribution in [0.2, 0.25) is 0 Å². The van der Waals surface area contributed by atoms with Crippen LogP contribution >= 0.6 is 0 Å². The summed E-state index contributed by atoms with van der Waals surface area (Å²) in [5.74, 6) is -1.59. The monoisotopic (exact) mass is 408 g/mol.